The molecule has 0 spiro atoms. The van der Waals surface area contributed by atoms with Crippen LogP contribution in [0, 0.1) is 0 Å². The predicted molar refractivity (Wildman–Crippen MR) is 449 cm³/mol. The molecule has 3 aromatic heterocycles. The van der Waals surface area contributed by atoms with Gasteiger partial charge in [-0.05, 0) is 235 Å². The van der Waals surface area contributed by atoms with Crippen LogP contribution in [-0.2, 0) is 59.0 Å². The van der Waals surface area contributed by atoms with Gasteiger partial charge in [-0.1, -0.05) is 124 Å². The fourth-order valence-electron chi connectivity index (χ4n) is 11.9. The van der Waals surface area contributed by atoms with E-state index in [-0.39, 0.29) is 99.1 Å². The van der Waals surface area contributed by atoms with Gasteiger partial charge in [-0.2, -0.15) is 0 Å². The van der Waals surface area contributed by atoms with Crippen molar-refractivity contribution < 1.29 is 67.2 Å². The molecule has 4 heterocycles. The zero-order valence-electron chi connectivity index (χ0n) is 64.4. The molecule has 10 rings (SSSR count). The van der Waals surface area contributed by atoms with Crippen LogP contribution in [0.2, 0.25) is 30.1 Å². The highest BCUT2D eigenvalue weighted by Gasteiger charge is 2.41. The number of Topliss-reactive ketones (excluding diaryl/α,β-unsaturated/α-hetero) is 1. The molecular formula is C84H83Cl7N12O14. The first kappa shape index (κ1) is 94.9. The lowest BCUT2D eigenvalue weighted by Gasteiger charge is -2.36. The number of methoxy groups -OCH3 is 2. The molecule has 2 amide bonds. The molecule has 1 aliphatic rings. The van der Waals surface area contributed by atoms with E-state index < -0.39 is 76.4 Å². The van der Waals surface area contributed by atoms with Crippen molar-refractivity contribution in [2.45, 2.75) is 143 Å². The number of azide groups is 2. The second-order valence-electron chi connectivity index (χ2n) is 27.8. The Hall–Kier alpha value is -11.0. The number of carbonyl (C=O) groups excluding carboxylic acids is 8. The van der Waals surface area contributed by atoms with Crippen molar-refractivity contribution in [3.8, 4) is 0 Å². The molecule has 33 heteroatoms. The lowest BCUT2D eigenvalue weighted by Crippen LogP contribution is -2.48. The van der Waals surface area contributed by atoms with E-state index in [1.54, 1.807) is 152 Å². The number of halogens is 7. The van der Waals surface area contributed by atoms with Crippen LogP contribution in [0.5, 0.6) is 0 Å². The molecule has 0 fully saturated rings. The Morgan fingerprint density at radius 1 is 0.573 bits per heavy atom. The van der Waals surface area contributed by atoms with Crippen LogP contribution in [0.25, 0.3) is 20.9 Å². The van der Waals surface area contributed by atoms with Gasteiger partial charge in [0.2, 0.25) is 0 Å². The molecule has 26 nitrogen and oxygen atoms in total. The standard InChI is InChI=1S/C29H29Cl2N5O5.C25H20Cl2N2O4.C22H27ClN2O4.C7H3Cl2N3O.CH4/c1-17(18-9-11-21(23(31)14-18)27(38)41-29(2,3)4)36(25(28(39)40-5)16-20-8-6-7-13-33-20)26(37)22-12-10-19(30)15-24(22)34-35-32;1-14(15-5-7-20(25(32)33)21(27)11-15)29-22(13-18-4-2-3-9-28-18)23(30)12-16-10-17(26)6-8-19(16)24(29)31;1-14(25-19(21(27)28-5)13-16-8-6-7-11-24-16)15-9-10-17(18(23)12-15)20(26)29-22(2,3)4;8-4-1-2-5(7(9)13)6(3-4)11-12-10;/h6-15,17,25H,16H2,1-5H3;2-11,14,22H,12-13H2,1H3,(H,32,33);6-12,14,19,25H,13H2,1-5H3;1-3H;1H4/t17?,25-;14?,22-;14?,19-;;/m111../s1. The van der Waals surface area contributed by atoms with E-state index in [1.165, 1.54) is 79.8 Å². The van der Waals surface area contributed by atoms with E-state index in [0.29, 0.717) is 60.7 Å². The first-order chi connectivity index (χ1) is 54.9. The van der Waals surface area contributed by atoms with Crippen molar-refractivity contribution in [3.63, 3.8) is 0 Å². The molecule has 0 radical (unpaired) electrons. The van der Waals surface area contributed by atoms with Crippen LogP contribution >= 0.6 is 81.2 Å². The summed E-state index contributed by atoms with van der Waals surface area (Å²) in [6.45, 7) is 16.0. The third-order valence-corrected chi connectivity index (χ3v) is 19.2. The van der Waals surface area contributed by atoms with Gasteiger partial charge < -0.3 is 33.9 Å². The number of pyridine rings is 3. The maximum atomic E-state index is 14.2. The number of nitrogens with zero attached hydrogens (tertiary/aromatic N) is 11. The summed E-state index contributed by atoms with van der Waals surface area (Å²) in [5.41, 5.74) is 21.6. The summed E-state index contributed by atoms with van der Waals surface area (Å²) in [5.74, 6) is -4.34. The van der Waals surface area contributed by atoms with Gasteiger partial charge in [0.1, 0.15) is 23.3 Å². The van der Waals surface area contributed by atoms with Crippen LogP contribution < -0.4 is 5.32 Å². The number of hydrogen-bond acceptors (Lipinski definition) is 19. The number of aromatic nitrogens is 3. The number of fused-ring (bicyclic) bond motifs is 1. The fourth-order valence-corrected chi connectivity index (χ4v) is 13.4. The first-order valence-electron chi connectivity index (χ1n) is 35.4. The van der Waals surface area contributed by atoms with Crippen LogP contribution in [-0.4, -0.2) is 126 Å². The Labute approximate surface area is 711 Å². The zero-order chi connectivity index (χ0) is 85.5. The Balaban J connectivity index is 0.000000255. The van der Waals surface area contributed by atoms with E-state index in [1.807, 2.05) is 37.3 Å². The van der Waals surface area contributed by atoms with Crippen LogP contribution in [0.3, 0.4) is 0 Å². The molecule has 3 unspecified atom stereocenters. The van der Waals surface area contributed by atoms with Gasteiger partial charge in [-0.25, -0.2) is 19.2 Å². The van der Waals surface area contributed by atoms with E-state index in [0.717, 1.165) is 11.3 Å². The molecular weight excluding hydrogens is 1650 g/mol. The van der Waals surface area contributed by atoms with Crippen molar-refractivity contribution in [2.24, 2.45) is 10.2 Å². The van der Waals surface area contributed by atoms with E-state index >= 15 is 0 Å². The molecule has 9 aromatic rings. The molecule has 0 saturated heterocycles. The highest BCUT2D eigenvalue weighted by molar-refractivity contribution is 6.68. The number of carboxylic acid groups (broad SMARTS) is 1. The van der Waals surface area contributed by atoms with Gasteiger partial charge in [0.25, 0.3) is 17.1 Å². The third-order valence-electron chi connectivity index (χ3n) is 17.4. The number of carbonyl (C=O) groups is 9. The molecule has 117 heavy (non-hydrogen) atoms. The molecule has 0 bridgehead atoms. The number of amides is 2. The normalized spacial score (nSPS) is 13.5. The van der Waals surface area contributed by atoms with E-state index in [9.17, 15) is 48.3 Å². The number of nitrogens with one attached hydrogen (secondary N) is 1. The summed E-state index contributed by atoms with van der Waals surface area (Å²) < 4.78 is 20.8. The Morgan fingerprint density at radius 3 is 1.50 bits per heavy atom. The van der Waals surface area contributed by atoms with Gasteiger partial charge >= 0.3 is 29.8 Å². The Bertz CT molecular complexity index is 5200. The fraction of sp³-hybridized carbons (Fsp3) is 0.286. The number of ether oxygens (including phenoxy) is 4. The summed E-state index contributed by atoms with van der Waals surface area (Å²) in [6, 6.07) is 39.9. The number of aromatic carboxylic acids is 1. The minimum atomic E-state index is -1.14. The second-order valence-corrected chi connectivity index (χ2v) is 30.7. The highest BCUT2D eigenvalue weighted by Crippen LogP contribution is 2.37. The number of ketones is 1. The topological polar surface area (TPSA) is 365 Å². The third kappa shape index (κ3) is 27.0. The van der Waals surface area contributed by atoms with Crippen LogP contribution in [0.1, 0.15) is 189 Å². The zero-order valence-corrected chi connectivity index (χ0v) is 69.7. The average Bonchev–Trinajstić information content (AvgIpc) is 1.77. The maximum absolute atomic E-state index is 14.2. The van der Waals surface area contributed by atoms with Crippen molar-refractivity contribution in [3.05, 3.63) is 306 Å². The summed E-state index contributed by atoms with van der Waals surface area (Å²) in [7, 11) is 2.58. The lowest BCUT2D eigenvalue weighted by atomic mass is 9.97. The van der Waals surface area contributed by atoms with Gasteiger partial charge in [0, 0.05) is 109 Å². The van der Waals surface area contributed by atoms with Crippen molar-refractivity contribution in [1.29, 1.82) is 0 Å². The number of benzene rings is 6. The molecule has 2 N–H and O–H groups in total. The predicted octanol–water partition coefficient (Wildman–Crippen LogP) is 20.7. The summed E-state index contributed by atoms with van der Waals surface area (Å²) in [4.78, 5) is 135. The van der Waals surface area contributed by atoms with E-state index in [2.05, 4.69) is 40.3 Å². The number of rotatable bonds is 23. The van der Waals surface area contributed by atoms with Gasteiger partial charge in [-0.3, -0.25) is 44.2 Å². The second kappa shape index (κ2) is 43.8. The summed E-state index contributed by atoms with van der Waals surface area (Å²) >= 11 is 42.1. The average molecular weight is 1730 g/mol. The molecule has 0 aliphatic carbocycles. The van der Waals surface area contributed by atoms with Gasteiger partial charge in [0.15, 0.2) is 5.78 Å². The Kier molecular flexibility index (Phi) is 35.5. The largest absolute Gasteiger partial charge is 0.478 e. The number of esters is 4. The number of hydrogen-bond donors (Lipinski definition) is 2. The quantitative estimate of drug-likeness (QED) is 0.0150. The van der Waals surface area contributed by atoms with Gasteiger partial charge in [-0.15, -0.1) is 0 Å². The molecule has 6 aromatic carbocycles. The minimum absolute atomic E-state index is 0. The smallest absolute Gasteiger partial charge is 0.340 e. The van der Waals surface area contributed by atoms with Gasteiger partial charge in [0.05, 0.1) is 75.5 Å². The van der Waals surface area contributed by atoms with Crippen molar-refractivity contribution >= 4 is 145 Å². The summed E-state index contributed by atoms with van der Waals surface area (Å²) in [6.07, 6.45) is 5.64. The molecule has 1 aliphatic heterocycles. The number of carboxylic acids is 1. The highest BCUT2D eigenvalue weighted by atomic mass is 35.5. The molecule has 0 saturated carbocycles. The SMILES string of the molecule is C.CC(c1ccc(C(=O)O)c(Cl)c1)N1C(=O)c2ccc(Cl)cc2CC(=O)[C@H]1Cc1ccccn1.COC(=O)[C@@H](Cc1ccccn1)N(C(=O)c1ccc(Cl)cc1N=[N+]=[N-])C(C)c1ccc(C(=O)OC(C)(C)C)c(Cl)c1.COC(=O)[C@@H](Cc1ccccn1)NC(C)c1ccc(C(=O)OC(C)(C)C)c(Cl)c1.[N-]=[N+]=Nc1cc(Cl)ccc1C(=O)Cl. The minimum Gasteiger partial charge on any atom is -0.478 e. The maximum Gasteiger partial charge on any atom is 0.340 e. The molecule has 612 valence electrons. The first-order valence-corrected chi connectivity index (χ1v) is 38.1. The Morgan fingerprint density at radius 2 is 1.02 bits per heavy atom. The lowest BCUT2D eigenvalue weighted by molar-refractivity contribution is -0.147. The van der Waals surface area contributed by atoms with Crippen molar-refractivity contribution in [1.82, 2.24) is 30.1 Å². The van der Waals surface area contributed by atoms with Crippen molar-refractivity contribution in [2.75, 3.05) is 14.2 Å². The van der Waals surface area contributed by atoms with E-state index in [4.69, 9.17) is 111 Å². The van der Waals surface area contributed by atoms with Crippen LogP contribution in [0.15, 0.2) is 193 Å². The molecule has 6 atom stereocenters. The van der Waals surface area contributed by atoms with Crippen LogP contribution in [0.4, 0.5) is 11.4 Å². The summed E-state index contributed by atoms with van der Waals surface area (Å²) in [5, 5.41) is 20.3. The monoisotopic (exact) mass is 1730 g/mol.